The van der Waals surface area contributed by atoms with Crippen molar-refractivity contribution >= 4 is 6.09 Å². The first-order chi connectivity index (χ1) is 9.22. The van der Waals surface area contributed by atoms with Crippen molar-refractivity contribution in [1.82, 2.24) is 5.32 Å². The molecule has 5 nitrogen and oxygen atoms in total. The van der Waals surface area contributed by atoms with Gasteiger partial charge in [0.1, 0.15) is 6.61 Å². The van der Waals surface area contributed by atoms with Crippen LogP contribution in [0.4, 0.5) is 4.79 Å². The van der Waals surface area contributed by atoms with Gasteiger partial charge in [-0.3, -0.25) is 0 Å². The Morgan fingerprint density at radius 3 is 2.68 bits per heavy atom. The highest BCUT2D eigenvalue weighted by atomic mass is 16.5. The lowest BCUT2D eigenvalue weighted by atomic mass is 10.1. The summed E-state index contributed by atoms with van der Waals surface area (Å²) in [4.78, 5) is 11.3. The SMILES string of the molecule is O=C(NCCCC[C@@H](O)CO)OCc1ccccc1. The third-order valence-corrected chi connectivity index (χ3v) is 2.66. The van der Waals surface area contributed by atoms with Gasteiger partial charge in [-0.25, -0.2) is 4.79 Å². The lowest BCUT2D eigenvalue weighted by Crippen LogP contribution is -2.25. The molecule has 5 heteroatoms. The minimum absolute atomic E-state index is 0.216. The number of ether oxygens (including phenoxy) is 1. The number of amides is 1. The van der Waals surface area contributed by atoms with Crippen molar-refractivity contribution in [2.24, 2.45) is 0 Å². The molecule has 0 saturated carbocycles. The molecule has 1 atom stereocenters. The number of aliphatic hydroxyl groups excluding tert-OH is 2. The number of alkyl carbamates (subject to hydrolysis) is 1. The quantitative estimate of drug-likeness (QED) is 0.623. The summed E-state index contributed by atoms with van der Waals surface area (Å²) in [5.41, 5.74) is 0.948. The van der Waals surface area contributed by atoms with Crippen molar-refractivity contribution < 1.29 is 19.7 Å². The van der Waals surface area contributed by atoms with E-state index in [1.54, 1.807) is 0 Å². The standard InChI is InChI=1S/C14H21NO4/c16-10-13(17)8-4-5-9-15-14(18)19-11-12-6-2-1-3-7-12/h1-3,6-7,13,16-17H,4-5,8-11H2,(H,15,18)/t13-/m1/s1. The van der Waals surface area contributed by atoms with Crippen LogP contribution in [-0.4, -0.2) is 35.6 Å². The Kier molecular flexibility index (Phi) is 7.62. The van der Waals surface area contributed by atoms with Crippen molar-refractivity contribution in [1.29, 1.82) is 0 Å². The second-order valence-electron chi connectivity index (χ2n) is 4.32. The number of unbranched alkanes of at least 4 members (excludes halogenated alkanes) is 1. The molecule has 0 aliphatic rings. The Morgan fingerprint density at radius 2 is 2.00 bits per heavy atom. The predicted octanol–water partition coefficient (Wildman–Crippen LogP) is 1.44. The topological polar surface area (TPSA) is 78.8 Å². The summed E-state index contributed by atoms with van der Waals surface area (Å²) < 4.78 is 5.04. The van der Waals surface area contributed by atoms with Crippen molar-refractivity contribution in [2.75, 3.05) is 13.2 Å². The van der Waals surface area contributed by atoms with Crippen molar-refractivity contribution in [2.45, 2.75) is 32.0 Å². The van der Waals surface area contributed by atoms with Gasteiger partial charge in [0.2, 0.25) is 0 Å². The maximum absolute atomic E-state index is 11.3. The molecule has 0 fully saturated rings. The first-order valence-electron chi connectivity index (χ1n) is 6.46. The van der Waals surface area contributed by atoms with E-state index in [1.807, 2.05) is 30.3 Å². The molecule has 1 amide bonds. The van der Waals surface area contributed by atoms with Crippen LogP contribution in [0.5, 0.6) is 0 Å². The zero-order valence-electron chi connectivity index (χ0n) is 10.9. The van der Waals surface area contributed by atoms with Crippen molar-refractivity contribution in [3.05, 3.63) is 35.9 Å². The molecule has 1 aromatic rings. The summed E-state index contributed by atoms with van der Waals surface area (Å²) in [6.45, 7) is 0.550. The molecule has 0 aliphatic carbocycles. The second kappa shape index (κ2) is 9.35. The van der Waals surface area contributed by atoms with Gasteiger partial charge in [-0.1, -0.05) is 30.3 Å². The highest BCUT2D eigenvalue weighted by molar-refractivity contribution is 5.67. The molecule has 106 valence electrons. The van der Waals surface area contributed by atoms with Crippen LogP contribution in [0.1, 0.15) is 24.8 Å². The zero-order valence-corrected chi connectivity index (χ0v) is 10.9. The monoisotopic (exact) mass is 267 g/mol. The van der Waals surface area contributed by atoms with Gasteiger partial charge in [0.05, 0.1) is 12.7 Å². The van der Waals surface area contributed by atoms with Crippen molar-refractivity contribution in [3.63, 3.8) is 0 Å². The zero-order chi connectivity index (χ0) is 13.9. The molecule has 0 radical (unpaired) electrons. The van der Waals surface area contributed by atoms with E-state index in [9.17, 15) is 4.79 Å². The molecule has 3 N–H and O–H groups in total. The third kappa shape index (κ3) is 7.43. The maximum atomic E-state index is 11.3. The van der Waals surface area contributed by atoms with Gasteiger partial charge in [-0.15, -0.1) is 0 Å². The summed E-state index contributed by atoms with van der Waals surface area (Å²) >= 11 is 0. The highest BCUT2D eigenvalue weighted by Crippen LogP contribution is 2.01. The smallest absolute Gasteiger partial charge is 0.407 e. The highest BCUT2D eigenvalue weighted by Gasteiger charge is 2.03. The Labute approximate surface area is 113 Å². The van der Waals surface area contributed by atoms with Crippen LogP contribution in [0, 0.1) is 0 Å². The van der Waals surface area contributed by atoms with Crippen LogP contribution in [0.15, 0.2) is 30.3 Å². The van der Waals surface area contributed by atoms with Crippen LogP contribution in [0.2, 0.25) is 0 Å². The number of hydrogen-bond acceptors (Lipinski definition) is 4. The number of benzene rings is 1. The Morgan fingerprint density at radius 1 is 1.26 bits per heavy atom. The molecular weight excluding hydrogens is 246 g/mol. The molecule has 0 aliphatic heterocycles. The van der Waals surface area contributed by atoms with Crippen molar-refractivity contribution in [3.8, 4) is 0 Å². The molecule has 0 heterocycles. The summed E-state index contributed by atoms with van der Waals surface area (Å²) in [6.07, 6.45) is 0.937. The molecule has 1 aromatic carbocycles. The maximum Gasteiger partial charge on any atom is 0.407 e. The second-order valence-corrected chi connectivity index (χ2v) is 4.32. The van der Waals surface area contributed by atoms with E-state index in [0.29, 0.717) is 13.0 Å². The fourth-order valence-electron chi connectivity index (χ4n) is 1.56. The number of aliphatic hydroxyl groups is 2. The molecule has 0 bridgehead atoms. The Balaban J connectivity index is 2.02. The normalized spacial score (nSPS) is 11.9. The van der Waals surface area contributed by atoms with Crippen LogP contribution in [-0.2, 0) is 11.3 Å². The van der Waals surface area contributed by atoms with Crippen LogP contribution < -0.4 is 5.32 Å². The average molecular weight is 267 g/mol. The molecule has 0 aromatic heterocycles. The first kappa shape index (κ1) is 15.5. The number of nitrogens with one attached hydrogen (secondary N) is 1. The fourth-order valence-corrected chi connectivity index (χ4v) is 1.56. The minimum Gasteiger partial charge on any atom is -0.445 e. The number of carbonyl (C=O) groups excluding carboxylic acids is 1. The molecular formula is C14H21NO4. The van der Waals surface area contributed by atoms with E-state index in [2.05, 4.69) is 5.32 Å². The molecule has 0 spiro atoms. The number of hydrogen-bond donors (Lipinski definition) is 3. The number of carbonyl (C=O) groups is 1. The van der Waals surface area contributed by atoms with E-state index in [0.717, 1.165) is 18.4 Å². The van der Waals surface area contributed by atoms with Gasteiger partial charge in [0.15, 0.2) is 0 Å². The molecule has 1 rings (SSSR count). The number of rotatable bonds is 8. The van der Waals surface area contributed by atoms with E-state index >= 15 is 0 Å². The van der Waals surface area contributed by atoms with Gasteiger partial charge in [0, 0.05) is 6.54 Å². The van der Waals surface area contributed by atoms with E-state index < -0.39 is 12.2 Å². The summed E-state index contributed by atoms with van der Waals surface area (Å²) in [5, 5.41) is 20.4. The van der Waals surface area contributed by atoms with E-state index in [-0.39, 0.29) is 13.2 Å². The third-order valence-electron chi connectivity index (χ3n) is 2.66. The van der Waals surface area contributed by atoms with Gasteiger partial charge in [-0.2, -0.15) is 0 Å². The van der Waals surface area contributed by atoms with Crippen LogP contribution in [0.25, 0.3) is 0 Å². The Hall–Kier alpha value is -1.59. The predicted molar refractivity (Wildman–Crippen MR) is 71.6 cm³/mol. The molecule has 0 saturated heterocycles. The Bertz CT molecular complexity index is 356. The van der Waals surface area contributed by atoms with Crippen LogP contribution in [0.3, 0.4) is 0 Å². The van der Waals surface area contributed by atoms with Gasteiger partial charge >= 0.3 is 6.09 Å². The van der Waals surface area contributed by atoms with Gasteiger partial charge in [-0.05, 0) is 24.8 Å². The fraction of sp³-hybridized carbons (Fsp3) is 0.500. The first-order valence-corrected chi connectivity index (χ1v) is 6.46. The summed E-state index contributed by atoms with van der Waals surface area (Å²) in [7, 11) is 0. The summed E-state index contributed by atoms with van der Waals surface area (Å²) in [5.74, 6) is 0. The molecule has 19 heavy (non-hydrogen) atoms. The van der Waals surface area contributed by atoms with E-state index in [1.165, 1.54) is 0 Å². The van der Waals surface area contributed by atoms with Gasteiger partial charge in [0.25, 0.3) is 0 Å². The minimum atomic E-state index is -0.662. The van der Waals surface area contributed by atoms with Gasteiger partial charge < -0.3 is 20.3 Å². The lowest BCUT2D eigenvalue weighted by Gasteiger charge is -2.08. The lowest BCUT2D eigenvalue weighted by molar-refractivity contribution is 0.0860. The average Bonchev–Trinajstić information content (AvgIpc) is 2.45. The largest absolute Gasteiger partial charge is 0.445 e. The molecule has 0 unspecified atom stereocenters. The summed E-state index contributed by atoms with van der Waals surface area (Å²) in [6, 6.07) is 9.48. The van der Waals surface area contributed by atoms with E-state index in [4.69, 9.17) is 14.9 Å². The van der Waals surface area contributed by atoms with Crippen LogP contribution >= 0.6 is 0 Å².